The van der Waals surface area contributed by atoms with E-state index in [0.29, 0.717) is 0 Å². The molecule has 0 aliphatic carbocycles. The van der Waals surface area contributed by atoms with Crippen LogP contribution in [0.25, 0.3) is 0 Å². The number of halogens is 1. The normalized spacial score (nSPS) is 17.6. The summed E-state index contributed by atoms with van der Waals surface area (Å²) in [6.07, 6.45) is 2.72. The third kappa shape index (κ3) is 3.56. The molecule has 1 heterocycles. The predicted octanol–water partition coefficient (Wildman–Crippen LogP) is 4.34. The highest BCUT2D eigenvalue weighted by molar-refractivity contribution is 9.10. The first-order chi connectivity index (χ1) is 7.95. The summed E-state index contributed by atoms with van der Waals surface area (Å²) in [6, 6.07) is 6.87. The molecule has 0 unspecified atom stereocenters. The van der Waals surface area contributed by atoms with E-state index in [4.69, 9.17) is 0 Å². The number of nitrogens with zero attached hydrogens (tertiary/aromatic N) is 1. The molecule has 1 aliphatic heterocycles. The van der Waals surface area contributed by atoms with Gasteiger partial charge < -0.3 is 0 Å². The van der Waals surface area contributed by atoms with Gasteiger partial charge in [0.2, 0.25) is 0 Å². The molecule has 1 nitrogen and oxygen atoms in total. The minimum Gasteiger partial charge on any atom is -0.299 e. The first-order valence-corrected chi connectivity index (χ1v) is 7.27. The Bertz CT molecular complexity index is 386. The van der Waals surface area contributed by atoms with E-state index in [-0.39, 0.29) is 5.41 Å². The summed E-state index contributed by atoms with van der Waals surface area (Å²) in [5, 5.41) is 0. The van der Waals surface area contributed by atoms with E-state index in [1.807, 2.05) is 0 Å². The fraction of sp³-hybridized carbons (Fsp3) is 0.600. The van der Waals surface area contributed by atoms with Gasteiger partial charge in [-0.3, -0.25) is 4.90 Å². The lowest BCUT2D eigenvalue weighted by Gasteiger charge is -2.22. The van der Waals surface area contributed by atoms with E-state index >= 15 is 0 Å². The first kappa shape index (κ1) is 13.1. The van der Waals surface area contributed by atoms with Crippen molar-refractivity contribution in [3.63, 3.8) is 0 Å². The van der Waals surface area contributed by atoms with Gasteiger partial charge in [-0.25, -0.2) is 0 Å². The minimum absolute atomic E-state index is 0.226. The van der Waals surface area contributed by atoms with Crippen molar-refractivity contribution < 1.29 is 0 Å². The number of benzene rings is 1. The van der Waals surface area contributed by atoms with Gasteiger partial charge in [0.1, 0.15) is 0 Å². The van der Waals surface area contributed by atoms with Crippen LogP contribution in [0.5, 0.6) is 0 Å². The molecule has 0 radical (unpaired) electrons. The zero-order chi connectivity index (χ0) is 12.5. The lowest BCUT2D eigenvalue weighted by Crippen LogP contribution is -2.19. The molecule has 94 valence electrons. The largest absolute Gasteiger partial charge is 0.299 e. The monoisotopic (exact) mass is 295 g/mol. The third-order valence-corrected chi connectivity index (χ3v) is 3.89. The number of likely N-dealkylation sites (tertiary alicyclic amines) is 1. The Morgan fingerprint density at radius 1 is 1.12 bits per heavy atom. The first-order valence-electron chi connectivity index (χ1n) is 6.47. The second kappa shape index (κ2) is 5.11. The average Bonchev–Trinajstić information content (AvgIpc) is 2.68. The van der Waals surface area contributed by atoms with Gasteiger partial charge in [-0.05, 0) is 54.6 Å². The standard InChI is InChI=1S/C15H22BrN/c1-15(2,3)13-8-12(9-14(16)10-13)11-17-6-4-5-7-17/h8-10H,4-7,11H2,1-3H3. The molecule has 0 saturated carbocycles. The van der Waals surface area contributed by atoms with Crippen LogP contribution in [-0.2, 0) is 12.0 Å². The Hall–Kier alpha value is -0.340. The molecule has 1 fully saturated rings. The van der Waals surface area contributed by atoms with E-state index in [2.05, 4.69) is 59.8 Å². The molecule has 1 aromatic rings. The Morgan fingerprint density at radius 2 is 1.76 bits per heavy atom. The quantitative estimate of drug-likeness (QED) is 0.784. The van der Waals surface area contributed by atoms with Crippen molar-refractivity contribution in [2.24, 2.45) is 0 Å². The second-order valence-electron chi connectivity index (χ2n) is 6.08. The van der Waals surface area contributed by atoms with Gasteiger partial charge in [0.15, 0.2) is 0 Å². The van der Waals surface area contributed by atoms with Crippen LogP contribution in [0.3, 0.4) is 0 Å². The van der Waals surface area contributed by atoms with Gasteiger partial charge in [0, 0.05) is 11.0 Å². The molecule has 1 aliphatic rings. The van der Waals surface area contributed by atoms with Crippen molar-refractivity contribution in [3.8, 4) is 0 Å². The zero-order valence-corrected chi connectivity index (χ0v) is 12.7. The SMILES string of the molecule is CC(C)(C)c1cc(Br)cc(CN2CCCC2)c1. The molecule has 1 aromatic carbocycles. The van der Waals surface area contributed by atoms with Gasteiger partial charge in [0.25, 0.3) is 0 Å². The number of rotatable bonds is 2. The Balaban J connectivity index is 2.19. The molecule has 0 atom stereocenters. The van der Waals surface area contributed by atoms with E-state index in [0.717, 1.165) is 6.54 Å². The summed E-state index contributed by atoms with van der Waals surface area (Å²) >= 11 is 3.64. The van der Waals surface area contributed by atoms with Crippen LogP contribution in [0.2, 0.25) is 0 Å². The summed E-state index contributed by atoms with van der Waals surface area (Å²) in [5.41, 5.74) is 3.08. The van der Waals surface area contributed by atoms with Crippen molar-refractivity contribution in [1.29, 1.82) is 0 Å². The zero-order valence-electron chi connectivity index (χ0n) is 11.1. The fourth-order valence-corrected chi connectivity index (χ4v) is 2.91. The number of hydrogen-bond donors (Lipinski definition) is 0. The molecule has 1 saturated heterocycles. The Morgan fingerprint density at radius 3 is 2.35 bits per heavy atom. The van der Waals surface area contributed by atoms with Gasteiger partial charge in [-0.1, -0.05) is 42.8 Å². The number of hydrogen-bond acceptors (Lipinski definition) is 1. The summed E-state index contributed by atoms with van der Waals surface area (Å²) in [5.74, 6) is 0. The molecular formula is C15H22BrN. The maximum absolute atomic E-state index is 3.64. The van der Waals surface area contributed by atoms with Gasteiger partial charge >= 0.3 is 0 Å². The van der Waals surface area contributed by atoms with Gasteiger partial charge in [-0.2, -0.15) is 0 Å². The van der Waals surface area contributed by atoms with Crippen LogP contribution in [-0.4, -0.2) is 18.0 Å². The molecule has 0 aromatic heterocycles. The molecule has 2 heteroatoms. The molecule has 2 rings (SSSR count). The van der Waals surface area contributed by atoms with Crippen molar-refractivity contribution >= 4 is 15.9 Å². The van der Waals surface area contributed by atoms with Crippen molar-refractivity contribution in [2.45, 2.75) is 45.6 Å². The van der Waals surface area contributed by atoms with Crippen LogP contribution in [0.4, 0.5) is 0 Å². The smallest absolute Gasteiger partial charge is 0.0234 e. The Labute approximate surface area is 113 Å². The van der Waals surface area contributed by atoms with E-state index in [1.54, 1.807) is 0 Å². The van der Waals surface area contributed by atoms with E-state index in [1.165, 1.54) is 41.5 Å². The highest BCUT2D eigenvalue weighted by Crippen LogP contribution is 2.27. The van der Waals surface area contributed by atoms with Crippen LogP contribution >= 0.6 is 15.9 Å². The van der Waals surface area contributed by atoms with Crippen LogP contribution in [0.15, 0.2) is 22.7 Å². The van der Waals surface area contributed by atoms with Gasteiger partial charge in [0.05, 0.1) is 0 Å². The van der Waals surface area contributed by atoms with Crippen molar-refractivity contribution in [1.82, 2.24) is 4.90 Å². The average molecular weight is 296 g/mol. The molecule has 0 amide bonds. The molecule has 0 N–H and O–H groups in total. The molecule has 0 bridgehead atoms. The van der Waals surface area contributed by atoms with Crippen molar-refractivity contribution in [3.05, 3.63) is 33.8 Å². The van der Waals surface area contributed by atoms with Crippen LogP contribution in [0, 0.1) is 0 Å². The van der Waals surface area contributed by atoms with Gasteiger partial charge in [-0.15, -0.1) is 0 Å². The minimum atomic E-state index is 0.226. The van der Waals surface area contributed by atoms with Crippen molar-refractivity contribution in [2.75, 3.05) is 13.1 Å². The molecule has 17 heavy (non-hydrogen) atoms. The Kier molecular flexibility index (Phi) is 3.94. The van der Waals surface area contributed by atoms with E-state index in [9.17, 15) is 0 Å². The lowest BCUT2D eigenvalue weighted by atomic mass is 9.86. The summed E-state index contributed by atoms with van der Waals surface area (Å²) in [4.78, 5) is 2.55. The second-order valence-corrected chi connectivity index (χ2v) is 7.00. The lowest BCUT2D eigenvalue weighted by molar-refractivity contribution is 0.331. The molecular weight excluding hydrogens is 274 g/mol. The van der Waals surface area contributed by atoms with E-state index < -0.39 is 0 Å². The topological polar surface area (TPSA) is 3.24 Å². The van der Waals surface area contributed by atoms with Crippen LogP contribution in [0.1, 0.15) is 44.7 Å². The summed E-state index contributed by atoms with van der Waals surface area (Å²) in [6.45, 7) is 10.4. The predicted molar refractivity (Wildman–Crippen MR) is 77.4 cm³/mol. The highest BCUT2D eigenvalue weighted by atomic mass is 79.9. The van der Waals surface area contributed by atoms with Crippen LogP contribution < -0.4 is 0 Å². The summed E-state index contributed by atoms with van der Waals surface area (Å²) in [7, 11) is 0. The fourth-order valence-electron chi connectivity index (χ4n) is 2.37. The summed E-state index contributed by atoms with van der Waals surface area (Å²) < 4.78 is 1.21. The maximum Gasteiger partial charge on any atom is 0.0234 e. The molecule has 0 spiro atoms. The highest BCUT2D eigenvalue weighted by Gasteiger charge is 2.17. The maximum atomic E-state index is 3.64. The third-order valence-electron chi connectivity index (χ3n) is 3.43.